The van der Waals surface area contributed by atoms with Crippen LogP contribution in [0.4, 0.5) is 10.5 Å². The zero-order valence-corrected chi connectivity index (χ0v) is 17.4. The van der Waals surface area contributed by atoms with Gasteiger partial charge in [-0.3, -0.25) is 14.5 Å². The van der Waals surface area contributed by atoms with Crippen LogP contribution in [0.2, 0.25) is 0 Å². The first kappa shape index (κ1) is 20.2. The van der Waals surface area contributed by atoms with Crippen molar-refractivity contribution in [2.24, 2.45) is 0 Å². The van der Waals surface area contributed by atoms with E-state index in [-0.39, 0.29) is 36.0 Å². The maximum absolute atomic E-state index is 12.5. The fraction of sp³-hybridized carbons (Fsp3) is 0.650. The number of fused-ring (bicyclic) bond motifs is 1. The van der Waals surface area contributed by atoms with Crippen molar-refractivity contribution in [3.63, 3.8) is 0 Å². The van der Waals surface area contributed by atoms with Crippen LogP contribution in [0.5, 0.6) is 0 Å². The van der Waals surface area contributed by atoms with Gasteiger partial charge in [0.25, 0.3) is 0 Å². The molecule has 0 bridgehead atoms. The van der Waals surface area contributed by atoms with E-state index in [0.717, 1.165) is 38.0 Å². The lowest BCUT2D eigenvalue weighted by Crippen LogP contribution is -2.58. The number of hydrogen-bond donors (Lipinski definition) is 3. The van der Waals surface area contributed by atoms with E-state index >= 15 is 0 Å². The summed E-state index contributed by atoms with van der Waals surface area (Å²) < 4.78 is 0. The SMILES string of the molecule is O=C(Nc1ccsc1)N[C@H]1C[C@H]2C(=O)NC[C@@H](CCC(=O)N3CCCCC3)N2C1. The van der Waals surface area contributed by atoms with E-state index in [0.29, 0.717) is 25.9 Å². The minimum absolute atomic E-state index is 0.0196. The van der Waals surface area contributed by atoms with Crippen molar-refractivity contribution in [1.82, 2.24) is 20.4 Å². The zero-order valence-electron chi connectivity index (χ0n) is 16.6. The summed E-state index contributed by atoms with van der Waals surface area (Å²) in [5, 5.41) is 12.6. The Morgan fingerprint density at radius 3 is 2.83 bits per heavy atom. The third-order valence-corrected chi connectivity index (χ3v) is 6.82. The number of piperazine rings is 1. The van der Waals surface area contributed by atoms with E-state index in [9.17, 15) is 14.4 Å². The van der Waals surface area contributed by atoms with Crippen LogP contribution in [0.3, 0.4) is 0 Å². The Morgan fingerprint density at radius 2 is 2.07 bits per heavy atom. The quantitative estimate of drug-likeness (QED) is 0.676. The molecule has 0 spiro atoms. The number of carbonyl (C=O) groups excluding carboxylic acids is 3. The molecule has 4 amide bonds. The standard InChI is InChI=1S/C20H29N5O3S/c26-18(24-7-2-1-3-8-24)5-4-16-11-21-19(27)17-10-15(12-25(16)17)23-20(28)22-14-6-9-29-13-14/h6,9,13,15-17H,1-5,7-8,10-12H2,(H,21,27)(H2,22,23,28)/t15-,16+,17-/m0/s1. The predicted molar refractivity (Wildman–Crippen MR) is 112 cm³/mol. The second-order valence-corrected chi connectivity index (χ2v) is 8.91. The lowest BCUT2D eigenvalue weighted by atomic mass is 10.0. The van der Waals surface area contributed by atoms with Crippen LogP contribution in [-0.2, 0) is 9.59 Å². The Kier molecular flexibility index (Phi) is 6.34. The van der Waals surface area contributed by atoms with Gasteiger partial charge in [-0.2, -0.15) is 11.3 Å². The molecule has 0 saturated carbocycles. The molecule has 3 aliphatic rings. The van der Waals surface area contributed by atoms with Crippen molar-refractivity contribution in [3.8, 4) is 0 Å². The van der Waals surface area contributed by atoms with Crippen LogP contribution < -0.4 is 16.0 Å². The van der Waals surface area contributed by atoms with Crippen molar-refractivity contribution in [2.45, 2.75) is 56.7 Å². The molecule has 0 unspecified atom stereocenters. The van der Waals surface area contributed by atoms with Crippen molar-refractivity contribution < 1.29 is 14.4 Å². The van der Waals surface area contributed by atoms with Gasteiger partial charge in [-0.25, -0.2) is 4.79 Å². The van der Waals surface area contributed by atoms with Gasteiger partial charge in [0.15, 0.2) is 0 Å². The topological polar surface area (TPSA) is 93.8 Å². The smallest absolute Gasteiger partial charge is 0.319 e. The molecule has 8 nitrogen and oxygen atoms in total. The molecule has 0 radical (unpaired) electrons. The molecule has 0 aromatic carbocycles. The summed E-state index contributed by atoms with van der Waals surface area (Å²) in [5.74, 6) is 0.244. The summed E-state index contributed by atoms with van der Waals surface area (Å²) in [5.41, 5.74) is 0.773. The highest BCUT2D eigenvalue weighted by atomic mass is 32.1. The van der Waals surface area contributed by atoms with Gasteiger partial charge in [0, 0.05) is 50.1 Å². The zero-order chi connectivity index (χ0) is 20.2. The highest BCUT2D eigenvalue weighted by Gasteiger charge is 2.43. The molecule has 29 heavy (non-hydrogen) atoms. The first-order valence-electron chi connectivity index (χ1n) is 10.5. The van der Waals surface area contributed by atoms with Gasteiger partial charge in [0.05, 0.1) is 11.7 Å². The van der Waals surface area contributed by atoms with Crippen LogP contribution in [0, 0.1) is 0 Å². The molecule has 3 aliphatic heterocycles. The molecule has 3 fully saturated rings. The summed E-state index contributed by atoms with van der Waals surface area (Å²) in [4.78, 5) is 41.2. The number of nitrogens with one attached hydrogen (secondary N) is 3. The van der Waals surface area contributed by atoms with Gasteiger partial charge in [-0.1, -0.05) is 0 Å². The van der Waals surface area contributed by atoms with Gasteiger partial charge in [0.2, 0.25) is 11.8 Å². The number of likely N-dealkylation sites (tertiary alicyclic amines) is 1. The number of carbonyl (C=O) groups is 3. The molecule has 4 heterocycles. The minimum atomic E-state index is -0.245. The third kappa shape index (κ3) is 4.90. The van der Waals surface area contributed by atoms with E-state index < -0.39 is 0 Å². The van der Waals surface area contributed by atoms with Crippen molar-refractivity contribution >= 4 is 34.9 Å². The molecular formula is C20H29N5O3S. The highest BCUT2D eigenvalue weighted by molar-refractivity contribution is 7.08. The molecule has 1 aromatic rings. The molecule has 3 N–H and O–H groups in total. The summed E-state index contributed by atoms with van der Waals surface area (Å²) in [6.45, 7) is 2.95. The van der Waals surface area contributed by atoms with Crippen LogP contribution in [0.1, 0.15) is 38.5 Å². The average molecular weight is 420 g/mol. The fourth-order valence-electron chi connectivity index (χ4n) is 4.63. The monoisotopic (exact) mass is 419 g/mol. The second kappa shape index (κ2) is 9.13. The number of anilines is 1. The summed E-state index contributed by atoms with van der Waals surface area (Å²) in [6.07, 6.45) is 5.25. The molecule has 3 atom stereocenters. The maximum Gasteiger partial charge on any atom is 0.319 e. The van der Waals surface area contributed by atoms with E-state index in [1.54, 1.807) is 0 Å². The number of thiophene rings is 1. The van der Waals surface area contributed by atoms with E-state index in [1.165, 1.54) is 17.8 Å². The molecule has 9 heteroatoms. The van der Waals surface area contributed by atoms with E-state index in [1.807, 2.05) is 21.7 Å². The average Bonchev–Trinajstić information content (AvgIpc) is 3.38. The Labute approximate surface area is 175 Å². The van der Waals surface area contributed by atoms with Crippen LogP contribution >= 0.6 is 11.3 Å². The van der Waals surface area contributed by atoms with Crippen molar-refractivity contribution in [1.29, 1.82) is 0 Å². The second-order valence-electron chi connectivity index (χ2n) is 8.13. The Hall–Kier alpha value is -2.13. The lowest BCUT2D eigenvalue weighted by molar-refractivity contribution is -0.133. The summed E-state index contributed by atoms with van der Waals surface area (Å²) >= 11 is 1.52. The van der Waals surface area contributed by atoms with Gasteiger partial charge in [0.1, 0.15) is 0 Å². The number of piperidine rings is 1. The predicted octanol–water partition coefficient (Wildman–Crippen LogP) is 1.60. The van der Waals surface area contributed by atoms with Crippen LogP contribution in [0.15, 0.2) is 16.8 Å². The third-order valence-electron chi connectivity index (χ3n) is 6.14. The van der Waals surface area contributed by atoms with E-state index in [2.05, 4.69) is 20.9 Å². The van der Waals surface area contributed by atoms with E-state index in [4.69, 9.17) is 0 Å². The number of rotatable bonds is 5. The Morgan fingerprint density at radius 1 is 1.24 bits per heavy atom. The largest absolute Gasteiger partial charge is 0.353 e. The van der Waals surface area contributed by atoms with Gasteiger partial charge in [-0.05, 0) is 43.6 Å². The molecule has 158 valence electrons. The first-order chi connectivity index (χ1) is 14.1. The molecular weight excluding hydrogens is 390 g/mol. The number of hydrogen-bond acceptors (Lipinski definition) is 5. The van der Waals surface area contributed by atoms with Gasteiger partial charge in [-0.15, -0.1) is 0 Å². The summed E-state index contributed by atoms with van der Waals surface area (Å²) in [7, 11) is 0. The number of nitrogens with zero attached hydrogens (tertiary/aromatic N) is 2. The van der Waals surface area contributed by atoms with Crippen molar-refractivity contribution in [2.75, 3.05) is 31.5 Å². The summed E-state index contributed by atoms with van der Waals surface area (Å²) in [6, 6.07) is 1.43. The maximum atomic E-state index is 12.5. The number of urea groups is 1. The number of amides is 4. The van der Waals surface area contributed by atoms with Crippen molar-refractivity contribution in [3.05, 3.63) is 16.8 Å². The molecule has 1 aromatic heterocycles. The minimum Gasteiger partial charge on any atom is -0.353 e. The van der Waals surface area contributed by atoms with Gasteiger partial charge >= 0.3 is 6.03 Å². The molecule has 3 saturated heterocycles. The lowest BCUT2D eigenvalue weighted by Gasteiger charge is -2.37. The van der Waals surface area contributed by atoms with Crippen LogP contribution in [-0.4, -0.2) is 71.9 Å². The molecule has 4 rings (SSSR count). The fourth-order valence-corrected chi connectivity index (χ4v) is 5.22. The first-order valence-corrected chi connectivity index (χ1v) is 11.5. The normalized spacial score (nSPS) is 27.2. The Balaban J connectivity index is 1.29. The Bertz CT molecular complexity index is 734. The molecule has 0 aliphatic carbocycles. The van der Waals surface area contributed by atoms with Gasteiger partial charge < -0.3 is 20.9 Å². The van der Waals surface area contributed by atoms with Crippen LogP contribution in [0.25, 0.3) is 0 Å². The highest BCUT2D eigenvalue weighted by Crippen LogP contribution is 2.26.